The van der Waals surface area contributed by atoms with Crippen LogP contribution in [0.2, 0.25) is 0 Å². The molecule has 0 saturated carbocycles. The Morgan fingerprint density at radius 3 is 2.75 bits per heavy atom. The van der Waals surface area contributed by atoms with Gasteiger partial charge >= 0.3 is 0 Å². The average Bonchev–Trinajstić information content (AvgIpc) is 2.41. The number of carbonyl (C=O) groups excluding carboxylic acids is 1. The van der Waals surface area contributed by atoms with E-state index in [9.17, 15) is 13.2 Å². The van der Waals surface area contributed by atoms with E-state index in [2.05, 4.69) is 5.32 Å². The minimum absolute atomic E-state index is 0.0144. The first-order chi connectivity index (χ1) is 9.43. The number of nitrogens with one attached hydrogen (secondary N) is 1. The van der Waals surface area contributed by atoms with Gasteiger partial charge in [-0.1, -0.05) is 12.1 Å². The van der Waals surface area contributed by atoms with Gasteiger partial charge in [-0.05, 0) is 17.7 Å². The van der Waals surface area contributed by atoms with Gasteiger partial charge in [-0.3, -0.25) is 4.79 Å². The van der Waals surface area contributed by atoms with Crippen LogP contribution in [0.4, 0.5) is 0 Å². The fourth-order valence-corrected chi connectivity index (χ4v) is 1.98. The molecule has 20 heavy (non-hydrogen) atoms. The molecule has 0 bridgehead atoms. The van der Waals surface area contributed by atoms with Crippen molar-refractivity contribution in [3.05, 3.63) is 29.8 Å². The molecule has 3 N–H and O–H groups in total. The van der Waals surface area contributed by atoms with Gasteiger partial charge in [0, 0.05) is 13.7 Å². The number of methoxy groups -OCH3 is 1. The summed E-state index contributed by atoms with van der Waals surface area (Å²) in [7, 11) is -2.19. The normalized spacial score (nSPS) is 11.3. The Balaban J connectivity index is 2.44. The third-order valence-corrected chi connectivity index (χ3v) is 3.29. The minimum atomic E-state index is -3.74. The van der Waals surface area contributed by atoms with Crippen LogP contribution in [0.3, 0.4) is 0 Å². The van der Waals surface area contributed by atoms with E-state index in [-0.39, 0.29) is 24.0 Å². The number of hydrogen-bond acceptors (Lipinski definition) is 5. The maximum atomic E-state index is 11.4. The first-order valence-electron chi connectivity index (χ1n) is 5.88. The number of nitrogens with two attached hydrogens (primary N) is 1. The van der Waals surface area contributed by atoms with Gasteiger partial charge in [-0.25, -0.2) is 13.6 Å². The Hall–Kier alpha value is -1.48. The van der Waals surface area contributed by atoms with Crippen LogP contribution < -0.4 is 10.5 Å². The number of benzene rings is 1. The number of amides is 1. The molecule has 1 rings (SSSR count). The lowest BCUT2D eigenvalue weighted by molar-refractivity contribution is -0.126. The van der Waals surface area contributed by atoms with Crippen LogP contribution in [0.15, 0.2) is 29.2 Å². The van der Waals surface area contributed by atoms with Crippen molar-refractivity contribution in [3.63, 3.8) is 0 Å². The highest BCUT2D eigenvalue weighted by molar-refractivity contribution is 7.89. The van der Waals surface area contributed by atoms with Crippen LogP contribution in [0.1, 0.15) is 5.56 Å². The molecule has 0 radical (unpaired) electrons. The predicted molar refractivity (Wildman–Crippen MR) is 72.4 cm³/mol. The predicted octanol–water partition coefficient (Wildman–Crippen LogP) is -0.387. The van der Waals surface area contributed by atoms with Crippen molar-refractivity contribution >= 4 is 15.9 Å². The summed E-state index contributed by atoms with van der Waals surface area (Å²) < 4.78 is 32.2. The largest absolute Gasteiger partial charge is 0.382 e. The highest BCUT2D eigenvalue weighted by Gasteiger charge is 2.08. The third kappa shape index (κ3) is 6.11. The van der Waals surface area contributed by atoms with Crippen LogP contribution in [0.5, 0.6) is 0 Å². The van der Waals surface area contributed by atoms with Crippen molar-refractivity contribution in [3.8, 4) is 0 Å². The maximum Gasteiger partial charge on any atom is 0.246 e. The van der Waals surface area contributed by atoms with Crippen molar-refractivity contribution in [1.82, 2.24) is 5.32 Å². The molecule has 0 aliphatic carbocycles. The summed E-state index contributed by atoms with van der Waals surface area (Å²) >= 11 is 0. The Bertz CT molecular complexity index is 545. The van der Waals surface area contributed by atoms with Crippen molar-refractivity contribution in [2.75, 3.05) is 26.9 Å². The fraction of sp³-hybridized carbons (Fsp3) is 0.417. The van der Waals surface area contributed by atoms with Gasteiger partial charge in [0.1, 0.15) is 6.61 Å². The summed E-state index contributed by atoms with van der Waals surface area (Å²) in [6, 6.07) is 6.08. The first kappa shape index (κ1) is 16.6. The first-order valence-corrected chi connectivity index (χ1v) is 7.43. The molecule has 0 saturated heterocycles. The number of primary sulfonamides is 1. The van der Waals surface area contributed by atoms with Gasteiger partial charge in [-0.15, -0.1) is 0 Å². The molecule has 0 unspecified atom stereocenters. The van der Waals surface area contributed by atoms with Crippen LogP contribution in [0, 0.1) is 0 Å². The van der Waals surface area contributed by atoms with E-state index in [1.165, 1.54) is 12.1 Å². The molecule has 1 amide bonds. The zero-order valence-electron chi connectivity index (χ0n) is 11.2. The lowest BCUT2D eigenvalue weighted by atomic mass is 10.2. The highest BCUT2D eigenvalue weighted by Crippen LogP contribution is 2.09. The minimum Gasteiger partial charge on any atom is -0.382 e. The monoisotopic (exact) mass is 302 g/mol. The second-order valence-electron chi connectivity index (χ2n) is 4.01. The Morgan fingerprint density at radius 1 is 1.35 bits per heavy atom. The van der Waals surface area contributed by atoms with Gasteiger partial charge in [0.2, 0.25) is 15.9 Å². The molecule has 0 spiro atoms. The van der Waals surface area contributed by atoms with E-state index < -0.39 is 10.0 Å². The second-order valence-corrected chi connectivity index (χ2v) is 5.58. The molecule has 0 atom stereocenters. The zero-order valence-corrected chi connectivity index (χ0v) is 12.0. The summed E-state index contributed by atoms with van der Waals surface area (Å²) in [5.41, 5.74) is 0.641. The molecule has 7 nitrogen and oxygen atoms in total. The smallest absolute Gasteiger partial charge is 0.246 e. The SMILES string of the molecule is COCCOCC(=O)NCc1cccc(S(N)(=O)=O)c1. The van der Waals surface area contributed by atoms with Gasteiger partial charge in [0.05, 0.1) is 18.1 Å². The molecule has 8 heteroatoms. The van der Waals surface area contributed by atoms with Crippen LogP contribution >= 0.6 is 0 Å². The zero-order chi connectivity index (χ0) is 15.0. The molecule has 0 aliphatic rings. The maximum absolute atomic E-state index is 11.4. The van der Waals surface area contributed by atoms with Gasteiger partial charge in [-0.2, -0.15) is 0 Å². The lowest BCUT2D eigenvalue weighted by Crippen LogP contribution is -2.27. The van der Waals surface area contributed by atoms with E-state index in [4.69, 9.17) is 14.6 Å². The van der Waals surface area contributed by atoms with Gasteiger partial charge < -0.3 is 14.8 Å². The van der Waals surface area contributed by atoms with Crippen LogP contribution in [-0.2, 0) is 30.8 Å². The van der Waals surface area contributed by atoms with Gasteiger partial charge in [0.25, 0.3) is 0 Å². The number of ether oxygens (including phenoxy) is 2. The molecule has 0 fully saturated rings. The molecular formula is C12H18N2O5S. The highest BCUT2D eigenvalue weighted by atomic mass is 32.2. The van der Waals surface area contributed by atoms with Crippen molar-refractivity contribution in [2.24, 2.45) is 5.14 Å². The van der Waals surface area contributed by atoms with Crippen LogP contribution in [0.25, 0.3) is 0 Å². The molecule has 112 valence electrons. The Morgan fingerprint density at radius 2 is 2.10 bits per heavy atom. The fourth-order valence-electron chi connectivity index (χ4n) is 1.39. The molecule has 0 heterocycles. The van der Waals surface area contributed by atoms with Crippen molar-refractivity contribution < 1.29 is 22.7 Å². The van der Waals surface area contributed by atoms with Crippen molar-refractivity contribution in [1.29, 1.82) is 0 Å². The molecule has 0 aromatic heterocycles. The number of rotatable bonds is 8. The van der Waals surface area contributed by atoms with E-state index in [1.807, 2.05) is 0 Å². The van der Waals surface area contributed by atoms with Crippen molar-refractivity contribution in [2.45, 2.75) is 11.4 Å². The molecule has 0 aliphatic heterocycles. The molecule has 1 aromatic carbocycles. The number of sulfonamides is 1. The van der Waals surface area contributed by atoms with E-state index in [0.29, 0.717) is 18.8 Å². The number of hydrogen-bond donors (Lipinski definition) is 2. The molecule has 1 aromatic rings. The topological polar surface area (TPSA) is 108 Å². The van der Waals surface area contributed by atoms with Crippen LogP contribution in [-0.4, -0.2) is 41.3 Å². The quantitative estimate of drug-likeness (QED) is 0.636. The summed E-state index contributed by atoms with van der Waals surface area (Å²) in [5, 5.41) is 7.64. The van der Waals surface area contributed by atoms with E-state index >= 15 is 0 Å². The van der Waals surface area contributed by atoms with E-state index in [1.54, 1.807) is 19.2 Å². The summed E-state index contributed by atoms with van der Waals surface area (Å²) in [6.07, 6.45) is 0. The summed E-state index contributed by atoms with van der Waals surface area (Å²) in [4.78, 5) is 11.5. The summed E-state index contributed by atoms with van der Waals surface area (Å²) in [6.45, 7) is 0.891. The van der Waals surface area contributed by atoms with E-state index in [0.717, 1.165) is 0 Å². The molecular weight excluding hydrogens is 284 g/mol. The Labute approximate surface area is 118 Å². The summed E-state index contributed by atoms with van der Waals surface area (Å²) in [5.74, 6) is -0.290. The van der Waals surface area contributed by atoms with Gasteiger partial charge in [0.15, 0.2) is 0 Å². The lowest BCUT2D eigenvalue weighted by Gasteiger charge is -2.07. The third-order valence-electron chi connectivity index (χ3n) is 2.38. The second kappa shape index (κ2) is 7.95. The standard InChI is InChI=1S/C12H18N2O5S/c1-18-5-6-19-9-12(15)14-8-10-3-2-4-11(7-10)20(13,16)17/h2-4,7H,5-6,8-9H2,1H3,(H,14,15)(H2,13,16,17). The Kier molecular flexibility index (Phi) is 6.59. The average molecular weight is 302 g/mol. The number of carbonyl (C=O) groups is 1.